The molecular weight excluding hydrogens is 625 g/mol. The maximum absolute atomic E-state index is 4.73. The fourth-order valence-electron chi connectivity index (χ4n) is 18.7. The molecule has 250 valence electrons. The molecule has 0 spiro atoms. The second-order valence-electron chi connectivity index (χ2n) is 19.3. The Balaban J connectivity index is 1.30. The van der Waals surface area contributed by atoms with Crippen molar-refractivity contribution in [3.8, 4) is 0 Å². The minimum atomic E-state index is -0.154. The van der Waals surface area contributed by atoms with Gasteiger partial charge in [0, 0.05) is 16.2 Å². The van der Waals surface area contributed by atoms with Gasteiger partial charge in [0.15, 0.2) is 0 Å². The predicted molar refractivity (Wildman–Crippen MR) is 211 cm³/mol. The third-order valence-corrected chi connectivity index (χ3v) is 18.8. The van der Waals surface area contributed by atoms with Crippen molar-refractivity contribution in [1.82, 2.24) is 0 Å². The maximum atomic E-state index is 4.73. The number of hydrogen-bond donors (Lipinski definition) is 0. The van der Waals surface area contributed by atoms with Crippen LogP contribution in [-0.4, -0.2) is 0 Å². The third kappa shape index (κ3) is 1.87. The summed E-state index contributed by atoms with van der Waals surface area (Å²) in [5, 5.41) is 0. The standard InChI is InChI=1S/C52H42/c1-5-19-49-40-27-13-11-25-23-9-10-24-26-12-14-28-32-18-17-31-30-16-15-29(27)42(49)43(30)50(20-6-2)44(31)45(32)51(21-7-3)41(28)36(26)38-34(24)33(23)37(35(25)40)39-46(38)52(51,22-8-4)48(50)47(39)49/h5-8,30-31H,1-4,9-22H2/t30?,31?,49-,50-,51+,52-/m0/s1. The smallest absolute Gasteiger partial charge is 0.0504 e. The van der Waals surface area contributed by atoms with E-state index >= 15 is 0 Å². The summed E-state index contributed by atoms with van der Waals surface area (Å²) in [6, 6.07) is 0. The Morgan fingerprint density at radius 1 is 0.423 bits per heavy atom. The number of fused-ring (bicyclic) bond motifs is 1. The van der Waals surface area contributed by atoms with Gasteiger partial charge < -0.3 is 0 Å². The van der Waals surface area contributed by atoms with E-state index < -0.39 is 0 Å². The third-order valence-electron chi connectivity index (χ3n) is 18.8. The summed E-state index contributed by atoms with van der Waals surface area (Å²) in [7, 11) is 0. The highest BCUT2D eigenvalue weighted by Crippen LogP contribution is 2.92. The Bertz CT molecular complexity index is 2750. The van der Waals surface area contributed by atoms with Crippen LogP contribution in [0, 0.1) is 28.1 Å². The van der Waals surface area contributed by atoms with Crippen molar-refractivity contribution in [1.29, 1.82) is 0 Å². The molecule has 0 saturated heterocycles. The molecule has 15 aliphatic rings. The van der Waals surface area contributed by atoms with E-state index in [1.54, 1.807) is 106 Å². The van der Waals surface area contributed by atoms with Crippen molar-refractivity contribution in [3.63, 3.8) is 0 Å². The monoisotopic (exact) mass is 666 g/mol. The van der Waals surface area contributed by atoms with E-state index in [4.69, 9.17) is 6.58 Å². The summed E-state index contributed by atoms with van der Waals surface area (Å²) < 4.78 is 0. The lowest BCUT2D eigenvalue weighted by Gasteiger charge is -2.64. The normalized spacial score (nSPS) is 39.8. The van der Waals surface area contributed by atoms with Crippen molar-refractivity contribution < 1.29 is 0 Å². The van der Waals surface area contributed by atoms with Crippen LogP contribution in [0.2, 0.25) is 0 Å². The lowest BCUT2D eigenvalue weighted by molar-refractivity contribution is 0.196. The van der Waals surface area contributed by atoms with Gasteiger partial charge >= 0.3 is 0 Å². The van der Waals surface area contributed by atoms with Crippen molar-refractivity contribution >= 4 is 27.9 Å². The summed E-state index contributed by atoms with van der Waals surface area (Å²) >= 11 is 0. The van der Waals surface area contributed by atoms with Crippen LogP contribution < -0.4 is 0 Å². The molecule has 0 aliphatic heterocycles. The first-order chi connectivity index (χ1) is 25.6. The Hall–Kier alpha value is -4.16. The van der Waals surface area contributed by atoms with Gasteiger partial charge in [-0.15, -0.1) is 26.3 Å². The van der Waals surface area contributed by atoms with Crippen molar-refractivity contribution in [3.05, 3.63) is 156 Å². The van der Waals surface area contributed by atoms with E-state index in [-0.39, 0.29) is 21.7 Å². The van der Waals surface area contributed by atoms with Gasteiger partial charge in [-0.3, -0.25) is 0 Å². The predicted octanol–water partition coefficient (Wildman–Crippen LogP) is 12.5. The summed E-state index contributed by atoms with van der Waals surface area (Å²) in [5.41, 5.74) is 42.4. The van der Waals surface area contributed by atoms with E-state index in [0.29, 0.717) is 11.8 Å². The lowest BCUT2D eigenvalue weighted by Crippen LogP contribution is -2.58. The van der Waals surface area contributed by atoms with Crippen LogP contribution >= 0.6 is 0 Å². The highest BCUT2D eigenvalue weighted by atomic mass is 14.8. The quantitative estimate of drug-likeness (QED) is 0.242. The van der Waals surface area contributed by atoms with Crippen molar-refractivity contribution in [2.24, 2.45) is 28.1 Å². The van der Waals surface area contributed by atoms with Crippen molar-refractivity contribution in [2.45, 2.75) is 95.3 Å². The summed E-state index contributed by atoms with van der Waals surface area (Å²) in [6.45, 7) is 18.7. The SMILES string of the molecule is C=CC[C@@]12C3=C4C5=C6CCC7=C8CCC9=C%10CCC%11C%12=C%10[C@@]%10(CC=C)C9=C8c8c7c6c4c4c8[C@@]%10(CC=C)C(=C41)[C@@]%12(CC=C)C1=C2C(=C3CC5)CCC1%11. The summed E-state index contributed by atoms with van der Waals surface area (Å²) in [4.78, 5) is 0. The molecular formula is C52H42. The maximum Gasteiger partial charge on any atom is 0.0504 e. The molecule has 2 unspecified atom stereocenters. The fourth-order valence-corrected chi connectivity index (χ4v) is 18.7. The number of benzene rings is 1. The Morgan fingerprint density at radius 3 is 1.63 bits per heavy atom. The molecule has 1 aromatic rings. The summed E-state index contributed by atoms with van der Waals surface area (Å²) in [6.07, 6.45) is 26.2. The van der Waals surface area contributed by atoms with Crippen LogP contribution in [0.1, 0.15) is 123 Å². The fraction of sp³-hybridized carbons (Fsp3) is 0.385. The molecule has 0 nitrogen and oxygen atoms in total. The van der Waals surface area contributed by atoms with Gasteiger partial charge in [-0.1, -0.05) is 24.3 Å². The molecule has 0 heteroatoms. The highest BCUT2D eigenvalue weighted by Gasteiger charge is 2.82. The second kappa shape index (κ2) is 7.33. The van der Waals surface area contributed by atoms with E-state index in [1.165, 1.54) is 64.2 Å². The van der Waals surface area contributed by atoms with Gasteiger partial charge in [0.25, 0.3) is 0 Å². The molecule has 15 aliphatic carbocycles. The average Bonchev–Trinajstić information content (AvgIpc) is 3.95. The zero-order chi connectivity index (χ0) is 33.7. The van der Waals surface area contributed by atoms with E-state index in [2.05, 4.69) is 44.0 Å². The molecule has 16 rings (SSSR count). The molecule has 6 atom stereocenters. The number of rotatable bonds is 8. The minimum Gasteiger partial charge on any atom is -0.103 e. The molecule has 1 aromatic carbocycles. The lowest BCUT2D eigenvalue weighted by atomic mass is 9.37. The van der Waals surface area contributed by atoms with Crippen LogP contribution in [-0.2, 0) is 5.41 Å². The van der Waals surface area contributed by atoms with Gasteiger partial charge in [-0.05, 0) is 235 Å². The zero-order valence-electron chi connectivity index (χ0n) is 30.2. The number of allylic oxidation sites excluding steroid dienone is 22. The Kier molecular flexibility index (Phi) is 3.75. The van der Waals surface area contributed by atoms with Crippen LogP contribution in [0.25, 0.3) is 27.9 Å². The molecule has 52 heavy (non-hydrogen) atoms. The molecule has 1 saturated carbocycles. The molecule has 0 amide bonds. The largest absolute Gasteiger partial charge is 0.103 e. The molecule has 0 heterocycles. The second-order valence-corrected chi connectivity index (χ2v) is 19.3. The van der Waals surface area contributed by atoms with Crippen molar-refractivity contribution in [2.75, 3.05) is 0 Å². The zero-order valence-corrected chi connectivity index (χ0v) is 30.2. The first-order valence-corrected chi connectivity index (χ1v) is 21.0. The molecule has 0 radical (unpaired) electrons. The van der Waals surface area contributed by atoms with E-state index in [0.717, 1.165) is 25.7 Å². The first-order valence-electron chi connectivity index (χ1n) is 21.0. The molecule has 1 fully saturated rings. The van der Waals surface area contributed by atoms with Gasteiger partial charge in [-0.25, -0.2) is 0 Å². The molecule has 0 aromatic heterocycles. The van der Waals surface area contributed by atoms with Gasteiger partial charge in [0.2, 0.25) is 0 Å². The minimum absolute atomic E-state index is 0.0701. The Morgan fingerprint density at radius 2 is 0.942 bits per heavy atom. The van der Waals surface area contributed by atoms with Crippen LogP contribution in [0.3, 0.4) is 0 Å². The van der Waals surface area contributed by atoms with Crippen LogP contribution in [0.15, 0.2) is 123 Å². The van der Waals surface area contributed by atoms with Crippen LogP contribution in [0.5, 0.6) is 0 Å². The molecule has 0 bridgehead atoms. The van der Waals surface area contributed by atoms with E-state index in [1.807, 2.05) is 27.9 Å². The Labute approximate surface area is 306 Å². The topological polar surface area (TPSA) is 0 Å². The van der Waals surface area contributed by atoms with Gasteiger partial charge in [0.05, 0.1) is 5.41 Å². The highest BCUT2D eigenvalue weighted by molar-refractivity contribution is 6.23. The number of hydrogen-bond acceptors (Lipinski definition) is 0. The van der Waals surface area contributed by atoms with Gasteiger partial charge in [-0.2, -0.15) is 0 Å². The van der Waals surface area contributed by atoms with E-state index in [9.17, 15) is 0 Å². The van der Waals surface area contributed by atoms with Gasteiger partial charge in [0.1, 0.15) is 0 Å². The van der Waals surface area contributed by atoms with Crippen LogP contribution in [0.4, 0.5) is 0 Å². The summed E-state index contributed by atoms with van der Waals surface area (Å²) in [5.74, 6) is 1.29. The first kappa shape index (κ1) is 26.6. The average molecular weight is 667 g/mol. The molecule has 0 N–H and O–H groups in total.